The number of nitrogens with zero attached hydrogens (tertiary/aromatic N) is 2. The number of nitrogen functional groups attached to an aromatic ring is 1. The smallest absolute Gasteiger partial charge is 0.201 e. The number of halogens is 1. The number of benzene rings is 1. The van der Waals surface area contributed by atoms with Crippen LogP contribution in [0.4, 0.5) is 5.95 Å². The van der Waals surface area contributed by atoms with Crippen molar-refractivity contribution in [2.24, 2.45) is 0 Å². The van der Waals surface area contributed by atoms with Crippen molar-refractivity contribution >= 4 is 40.3 Å². The zero-order valence-electron chi connectivity index (χ0n) is 11.2. The van der Waals surface area contributed by atoms with Crippen molar-refractivity contribution < 1.29 is 0 Å². The Balaban J connectivity index is 1.96. The number of aryl methyl sites for hydroxylation is 1. The van der Waals surface area contributed by atoms with Crippen LogP contribution in [-0.4, -0.2) is 21.6 Å². The van der Waals surface area contributed by atoms with Gasteiger partial charge in [-0.2, -0.15) is 11.8 Å². The number of nitrogens with two attached hydrogens (primary N) is 1. The monoisotopic (exact) mass is 297 g/mol. The van der Waals surface area contributed by atoms with Crippen LogP contribution < -0.4 is 5.73 Å². The van der Waals surface area contributed by atoms with Crippen molar-refractivity contribution in [1.82, 2.24) is 9.55 Å². The molecular formula is C14H20ClN3S. The molecule has 1 aromatic heterocycles. The summed E-state index contributed by atoms with van der Waals surface area (Å²) in [5.74, 6) is 1.84. The first kappa shape index (κ1) is 14.5. The molecule has 0 aliphatic heterocycles. The Hall–Kier alpha value is -0.870. The maximum Gasteiger partial charge on any atom is 0.201 e. The number of imidazole rings is 1. The van der Waals surface area contributed by atoms with Gasteiger partial charge in [0.2, 0.25) is 5.95 Å². The highest BCUT2D eigenvalue weighted by atomic mass is 35.5. The first-order valence-electron chi connectivity index (χ1n) is 6.62. The first-order chi connectivity index (χ1) is 9.22. The van der Waals surface area contributed by atoms with Gasteiger partial charge in [-0.1, -0.05) is 24.4 Å². The van der Waals surface area contributed by atoms with E-state index < -0.39 is 0 Å². The molecule has 5 heteroatoms. The van der Waals surface area contributed by atoms with Crippen molar-refractivity contribution in [3.8, 4) is 0 Å². The average Bonchev–Trinajstić information content (AvgIpc) is 2.69. The number of hydrogen-bond donors (Lipinski definition) is 1. The third-order valence-corrected chi connectivity index (χ3v) is 4.15. The maximum atomic E-state index is 6.03. The highest BCUT2D eigenvalue weighted by Gasteiger charge is 2.07. The molecule has 0 spiro atoms. The summed E-state index contributed by atoms with van der Waals surface area (Å²) in [6.45, 7) is 0.919. The van der Waals surface area contributed by atoms with Crippen molar-refractivity contribution in [3.63, 3.8) is 0 Å². The van der Waals surface area contributed by atoms with Gasteiger partial charge < -0.3 is 10.3 Å². The quantitative estimate of drug-likeness (QED) is 0.779. The molecule has 0 amide bonds. The number of rotatable bonds is 7. The van der Waals surface area contributed by atoms with Gasteiger partial charge in [0.1, 0.15) is 0 Å². The minimum Gasteiger partial charge on any atom is -0.369 e. The third-order valence-electron chi connectivity index (χ3n) is 3.22. The predicted molar refractivity (Wildman–Crippen MR) is 86.0 cm³/mol. The van der Waals surface area contributed by atoms with E-state index in [1.54, 1.807) is 0 Å². The van der Waals surface area contributed by atoms with Crippen LogP contribution >= 0.6 is 23.4 Å². The highest BCUT2D eigenvalue weighted by molar-refractivity contribution is 7.98. The second-order valence-electron chi connectivity index (χ2n) is 4.66. The minimum absolute atomic E-state index is 0.585. The molecule has 104 valence electrons. The number of unbranched alkanes of at least 4 members (excludes halogenated alkanes) is 3. The van der Waals surface area contributed by atoms with E-state index >= 15 is 0 Å². The van der Waals surface area contributed by atoms with Crippen LogP contribution in [0.15, 0.2) is 18.2 Å². The van der Waals surface area contributed by atoms with E-state index in [0.29, 0.717) is 5.95 Å². The van der Waals surface area contributed by atoms with E-state index in [9.17, 15) is 0 Å². The topological polar surface area (TPSA) is 43.8 Å². The van der Waals surface area contributed by atoms with Gasteiger partial charge in [0, 0.05) is 11.6 Å². The largest absolute Gasteiger partial charge is 0.369 e. The van der Waals surface area contributed by atoms with Gasteiger partial charge in [-0.05, 0) is 43.0 Å². The van der Waals surface area contributed by atoms with E-state index in [0.717, 1.165) is 29.0 Å². The SMILES string of the molecule is CSCCCCCCn1c(N)nc2ccc(Cl)cc21. The number of fused-ring (bicyclic) bond motifs is 1. The molecule has 0 saturated heterocycles. The second kappa shape index (κ2) is 7.06. The molecule has 3 nitrogen and oxygen atoms in total. The fourth-order valence-corrected chi connectivity index (χ4v) is 2.88. The lowest BCUT2D eigenvalue weighted by atomic mass is 10.2. The molecule has 0 fully saturated rings. The molecule has 2 aromatic rings. The fraction of sp³-hybridized carbons (Fsp3) is 0.500. The van der Waals surface area contributed by atoms with Gasteiger partial charge in [0.05, 0.1) is 11.0 Å². The van der Waals surface area contributed by atoms with E-state index in [4.69, 9.17) is 17.3 Å². The van der Waals surface area contributed by atoms with Gasteiger partial charge in [-0.15, -0.1) is 0 Å². The molecule has 0 saturated carbocycles. The molecule has 0 aliphatic carbocycles. The van der Waals surface area contributed by atoms with Gasteiger partial charge >= 0.3 is 0 Å². The van der Waals surface area contributed by atoms with Crippen molar-refractivity contribution in [3.05, 3.63) is 23.2 Å². The highest BCUT2D eigenvalue weighted by Crippen LogP contribution is 2.22. The van der Waals surface area contributed by atoms with Gasteiger partial charge in [0.25, 0.3) is 0 Å². The molecule has 19 heavy (non-hydrogen) atoms. The van der Waals surface area contributed by atoms with Crippen LogP contribution in [0.2, 0.25) is 5.02 Å². The van der Waals surface area contributed by atoms with Crippen LogP contribution in [0.5, 0.6) is 0 Å². The standard InChI is InChI=1S/C14H20ClN3S/c1-19-9-5-3-2-4-8-18-13-10-11(15)6-7-12(13)17-14(18)16/h6-7,10H,2-5,8-9H2,1H3,(H2,16,17). The van der Waals surface area contributed by atoms with E-state index in [-0.39, 0.29) is 0 Å². The predicted octanol–water partition coefficient (Wildman–Crippen LogP) is 4.20. The molecule has 1 heterocycles. The lowest BCUT2D eigenvalue weighted by molar-refractivity contribution is 0.597. The molecule has 0 atom stereocenters. The fourth-order valence-electron chi connectivity index (χ4n) is 2.22. The van der Waals surface area contributed by atoms with Crippen LogP contribution in [0.3, 0.4) is 0 Å². The van der Waals surface area contributed by atoms with E-state index in [2.05, 4.69) is 15.8 Å². The average molecular weight is 298 g/mol. The Kier molecular flexibility index (Phi) is 5.40. The summed E-state index contributed by atoms with van der Waals surface area (Å²) in [5, 5.41) is 0.730. The molecule has 2 N–H and O–H groups in total. The molecule has 2 rings (SSSR count). The molecule has 1 aromatic carbocycles. The summed E-state index contributed by atoms with van der Waals surface area (Å²) in [6, 6.07) is 5.71. The summed E-state index contributed by atoms with van der Waals surface area (Å²) >= 11 is 7.95. The van der Waals surface area contributed by atoms with Crippen LogP contribution in [0.1, 0.15) is 25.7 Å². The van der Waals surface area contributed by atoms with Crippen LogP contribution in [0, 0.1) is 0 Å². The maximum absolute atomic E-state index is 6.03. The van der Waals surface area contributed by atoms with E-state index in [1.807, 2.05) is 30.0 Å². The number of thioether (sulfide) groups is 1. The van der Waals surface area contributed by atoms with Crippen molar-refractivity contribution in [1.29, 1.82) is 0 Å². The summed E-state index contributed by atoms with van der Waals surface area (Å²) < 4.78 is 2.07. The molecule has 0 aliphatic rings. The molecule has 0 radical (unpaired) electrons. The Labute approximate surface area is 123 Å². The molecule has 0 unspecified atom stereocenters. The van der Waals surface area contributed by atoms with Crippen molar-refractivity contribution in [2.75, 3.05) is 17.7 Å². The zero-order chi connectivity index (χ0) is 13.7. The van der Waals surface area contributed by atoms with Crippen LogP contribution in [0.25, 0.3) is 11.0 Å². The van der Waals surface area contributed by atoms with Crippen LogP contribution in [-0.2, 0) is 6.54 Å². The van der Waals surface area contributed by atoms with E-state index in [1.165, 1.54) is 25.0 Å². The number of anilines is 1. The lowest BCUT2D eigenvalue weighted by Crippen LogP contribution is -2.03. The number of aromatic nitrogens is 2. The molecule has 0 bridgehead atoms. The summed E-state index contributed by atoms with van der Waals surface area (Å²) in [6.07, 6.45) is 7.11. The second-order valence-corrected chi connectivity index (χ2v) is 6.08. The summed E-state index contributed by atoms with van der Waals surface area (Å²) in [7, 11) is 0. The Bertz CT molecular complexity index is 539. The normalized spacial score (nSPS) is 11.3. The first-order valence-corrected chi connectivity index (χ1v) is 8.40. The Morgan fingerprint density at radius 1 is 1.26 bits per heavy atom. The molecular weight excluding hydrogens is 278 g/mol. The van der Waals surface area contributed by atoms with Crippen molar-refractivity contribution in [2.45, 2.75) is 32.2 Å². The summed E-state index contributed by atoms with van der Waals surface area (Å²) in [5.41, 5.74) is 7.93. The zero-order valence-corrected chi connectivity index (χ0v) is 12.8. The third kappa shape index (κ3) is 3.80. The van der Waals surface area contributed by atoms with Gasteiger partial charge in [-0.25, -0.2) is 4.98 Å². The minimum atomic E-state index is 0.585. The van der Waals surface area contributed by atoms with Gasteiger partial charge in [0.15, 0.2) is 0 Å². The Morgan fingerprint density at radius 2 is 2.05 bits per heavy atom. The lowest BCUT2D eigenvalue weighted by Gasteiger charge is -2.06. The summed E-state index contributed by atoms with van der Waals surface area (Å²) in [4.78, 5) is 4.36. The Morgan fingerprint density at radius 3 is 2.84 bits per heavy atom. The number of hydrogen-bond acceptors (Lipinski definition) is 3. The van der Waals surface area contributed by atoms with Gasteiger partial charge in [-0.3, -0.25) is 0 Å².